The van der Waals surface area contributed by atoms with Gasteiger partial charge in [-0.15, -0.1) is 0 Å². The maximum atomic E-state index is 12.4. The molecule has 0 aliphatic carbocycles. The summed E-state index contributed by atoms with van der Waals surface area (Å²) in [5.74, 6) is 0.599. The number of hydrogen-bond donors (Lipinski definition) is 0. The van der Waals surface area contributed by atoms with E-state index < -0.39 is 5.60 Å². The highest BCUT2D eigenvalue weighted by molar-refractivity contribution is 5.84. The Balaban J connectivity index is 1.48. The molecule has 0 spiro atoms. The molecule has 0 radical (unpaired) electrons. The lowest BCUT2D eigenvalue weighted by Gasteiger charge is -2.35. The Morgan fingerprint density at radius 2 is 1.56 bits per heavy atom. The Morgan fingerprint density at radius 3 is 2.22 bits per heavy atom. The van der Waals surface area contributed by atoms with E-state index in [1.54, 1.807) is 9.80 Å². The van der Waals surface area contributed by atoms with Gasteiger partial charge in [0, 0.05) is 26.2 Å². The molecule has 6 heteroatoms. The van der Waals surface area contributed by atoms with Crippen molar-refractivity contribution in [3.8, 4) is 5.75 Å². The van der Waals surface area contributed by atoms with Crippen LogP contribution in [0.25, 0.3) is 10.8 Å². The number of nitrogens with zero attached hydrogens (tertiary/aromatic N) is 2. The van der Waals surface area contributed by atoms with Gasteiger partial charge in [-0.3, -0.25) is 4.79 Å². The van der Waals surface area contributed by atoms with E-state index in [1.165, 1.54) is 0 Å². The topological polar surface area (TPSA) is 59.1 Å². The molecule has 0 unspecified atom stereocenters. The number of amides is 2. The lowest BCUT2D eigenvalue weighted by molar-refractivity contribution is -0.135. The Labute approximate surface area is 159 Å². The molecule has 0 bridgehead atoms. The molecule has 1 aliphatic rings. The molecule has 1 saturated heterocycles. The minimum atomic E-state index is -0.516. The zero-order valence-corrected chi connectivity index (χ0v) is 16.1. The van der Waals surface area contributed by atoms with Crippen molar-refractivity contribution < 1.29 is 19.1 Å². The second-order valence-corrected chi connectivity index (χ2v) is 7.65. The molecule has 2 aromatic carbocycles. The van der Waals surface area contributed by atoms with Crippen LogP contribution in [0, 0.1) is 0 Å². The second kappa shape index (κ2) is 7.86. The normalized spacial score (nSPS) is 14.9. The third-order valence-electron chi connectivity index (χ3n) is 4.37. The number of carbonyl (C=O) groups is 2. The highest BCUT2D eigenvalue weighted by Crippen LogP contribution is 2.20. The first-order chi connectivity index (χ1) is 12.8. The van der Waals surface area contributed by atoms with Gasteiger partial charge >= 0.3 is 6.09 Å². The fraction of sp³-hybridized carbons (Fsp3) is 0.429. The molecule has 144 valence electrons. The van der Waals surface area contributed by atoms with E-state index in [0.717, 1.165) is 10.8 Å². The SMILES string of the molecule is CC(C)(C)OC(=O)N1CCN(C(=O)COc2ccc3ccccc3c2)CC1. The zero-order chi connectivity index (χ0) is 19.4. The van der Waals surface area contributed by atoms with Crippen molar-refractivity contribution in [3.05, 3.63) is 42.5 Å². The molecule has 0 aromatic heterocycles. The number of rotatable bonds is 3. The van der Waals surface area contributed by atoms with E-state index in [0.29, 0.717) is 31.9 Å². The van der Waals surface area contributed by atoms with Crippen molar-refractivity contribution in [1.29, 1.82) is 0 Å². The summed E-state index contributed by atoms with van der Waals surface area (Å²) in [7, 11) is 0. The minimum absolute atomic E-state index is 0.00915. The van der Waals surface area contributed by atoms with Gasteiger partial charge in [-0.05, 0) is 43.7 Å². The van der Waals surface area contributed by atoms with Crippen LogP contribution in [0.4, 0.5) is 4.79 Å². The molecule has 0 N–H and O–H groups in total. The minimum Gasteiger partial charge on any atom is -0.484 e. The lowest BCUT2D eigenvalue weighted by atomic mass is 10.1. The molecule has 1 aliphatic heterocycles. The molecular formula is C21H26N2O4. The summed E-state index contributed by atoms with van der Waals surface area (Å²) in [5, 5.41) is 2.21. The van der Waals surface area contributed by atoms with Crippen LogP contribution in [0.15, 0.2) is 42.5 Å². The van der Waals surface area contributed by atoms with Crippen LogP contribution in [0.2, 0.25) is 0 Å². The maximum Gasteiger partial charge on any atom is 0.410 e. The molecule has 1 heterocycles. The van der Waals surface area contributed by atoms with Crippen molar-refractivity contribution >= 4 is 22.8 Å². The molecule has 27 heavy (non-hydrogen) atoms. The molecule has 1 fully saturated rings. The largest absolute Gasteiger partial charge is 0.484 e. The Morgan fingerprint density at radius 1 is 0.926 bits per heavy atom. The van der Waals surface area contributed by atoms with E-state index >= 15 is 0 Å². The first kappa shape index (κ1) is 19.0. The standard InChI is InChI=1S/C21H26N2O4/c1-21(2,3)27-20(25)23-12-10-22(11-13-23)19(24)15-26-18-9-8-16-6-4-5-7-17(16)14-18/h4-9,14H,10-13,15H2,1-3H3. The average Bonchev–Trinajstić information content (AvgIpc) is 2.64. The molecule has 0 saturated carbocycles. The number of piperazine rings is 1. The quantitative estimate of drug-likeness (QED) is 0.832. The van der Waals surface area contributed by atoms with Gasteiger partial charge in [-0.2, -0.15) is 0 Å². The highest BCUT2D eigenvalue weighted by Gasteiger charge is 2.27. The van der Waals surface area contributed by atoms with E-state index in [1.807, 2.05) is 63.2 Å². The van der Waals surface area contributed by atoms with Crippen LogP contribution < -0.4 is 4.74 Å². The number of ether oxygens (including phenoxy) is 2. The van der Waals surface area contributed by atoms with Gasteiger partial charge in [-0.1, -0.05) is 30.3 Å². The molecule has 0 atom stereocenters. The Hall–Kier alpha value is -2.76. The summed E-state index contributed by atoms with van der Waals surface area (Å²) >= 11 is 0. The average molecular weight is 370 g/mol. The second-order valence-electron chi connectivity index (χ2n) is 7.65. The Bertz CT molecular complexity index is 820. The van der Waals surface area contributed by atoms with Crippen LogP contribution in [-0.4, -0.2) is 60.2 Å². The summed E-state index contributed by atoms with van der Waals surface area (Å²) in [6.07, 6.45) is -0.331. The number of carbonyl (C=O) groups excluding carboxylic acids is 2. The number of benzene rings is 2. The zero-order valence-electron chi connectivity index (χ0n) is 16.1. The summed E-state index contributed by atoms with van der Waals surface area (Å²) in [4.78, 5) is 27.9. The first-order valence-electron chi connectivity index (χ1n) is 9.19. The highest BCUT2D eigenvalue weighted by atomic mass is 16.6. The van der Waals surface area contributed by atoms with E-state index in [2.05, 4.69) is 0 Å². The van der Waals surface area contributed by atoms with Gasteiger partial charge in [0.1, 0.15) is 11.4 Å². The van der Waals surface area contributed by atoms with Gasteiger partial charge in [0.15, 0.2) is 6.61 Å². The van der Waals surface area contributed by atoms with Gasteiger partial charge in [-0.25, -0.2) is 4.79 Å². The van der Waals surface area contributed by atoms with Crippen LogP contribution >= 0.6 is 0 Å². The first-order valence-corrected chi connectivity index (χ1v) is 9.19. The van der Waals surface area contributed by atoms with Crippen molar-refractivity contribution in [2.45, 2.75) is 26.4 Å². The molecule has 6 nitrogen and oxygen atoms in total. The van der Waals surface area contributed by atoms with Gasteiger partial charge in [0.2, 0.25) is 0 Å². The van der Waals surface area contributed by atoms with Crippen LogP contribution in [0.1, 0.15) is 20.8 Å². The number of fused-ring (bicyclic) bond motifs is 1. The van der Waals surface area contributed by atoms with Crippen LogP contribution in [0.5, 0.6) is 5.75 Å². The molecule has 2 amide bonds. The predicted molar refractivity (Wildman–Crippen MR) is 104 cm³/mol. The van der Waals surface area contributed by atoms with Gasteiger partial charge in [0.05, 0.1) is 0 Å². The predicted octanol–water partition coefficient (Wildman–Crippen LogP) is 3.30. The van der Waals surface area contributed by atoms with Crippen LogP contribution in [-0.2, 0) is 9.53 Å². The maximum absolute atomic E-state index is 12.4. The molecule has 3 rings (SSSR count). The third-order valence-corrected chi connectivity index (χ3v) is 4.37. The molecule has 2 aromatic rings. The van der Waals surface area contributed by atoms with Gasteiger partial charge < -0.3 is 19.3 Å². The summed E-state index contributed by atoms with van der Waals surface area (Å²) in [5.41, 5.74) is -0.516. The monoisotopic (exact) mass is 370 g/mol. The number of hydrogen-bond acceptors (Lipinski definition) is 4. The molecular weight excluding hydrogens is 344 g/mol. The van der Waals surface area contributed by atoms with Crippen molar-refractivity contribution in [2.75, 3.05) is 32.8 Å². The summed E-state index contributed by atoms with van der Waals surface area (Å²) in [6.45, 7) is 7.43. The lowest BCUT2D eigenvalue weighted by Crippen LogP contribution is -2.52. The van der Waals surface area contributed by atoms with Crippen molar-refractivity contribution in [1.82, 2.24) is 9.80 Å². The van der Waals surface area contributed by atoms with Gasteiger partial charge in [0.25, 0.3) is 5.91 Å². The summed E-state index contributed by atoms with van der Waals surface area (Å²) < 4.78 is 11.0. The summed E-state index contributed by atoms with van der Waals surface area (Å²) in [6, 6.07) is 13.8. The van der Waals surface area contributed by atoms with E-state index in [4.69, 9.17) is 9.47 Å². The fourth-order valence-electron chi connectivity index (χ4n) is 2.96. The van der Waals surface area contributed by atoms with Crippen molar-refractivity contribution in [2.24, 2.45) is 0 Å². The van der Waals surface area contributed by atoms with Crippen LogP contribution in [0.3, 0.4) is 0 Å². The van der Waals surface area contributed by atoms with E-state index in [-0.39, 0.29) is 18.6 Å². The third kappa shape index (κ3) is 5.12. The Kier molecular flexibility index (Phi) is 5.54. The van der Waals surface area contributed by atoms with Crippen molar-refractivity contribution in [3.63, 3.8) is 0 Å². The van der Waals surface area contributed by atoms with E-state index in [9.17, 15) is 9.59 Å². The smallest absolute Gasteiger partial charge is 0.410 e. The fourth-order valence-corrected chi connectivity index (χ4v) is 2.96.